The summed E-state index contributed by atoms with van der Waals surface area (Å²) in [5.74, 6) is 3.42. The van der Waals surface area contributed by atoms with Crippen LogP contribution in [-0.2, 0) is 9.59 Å². The highest BCUT2D eigenvalue weighted by atomic mass is 16.4. The molecule has 5 saturated carbocycles. The van der Waals surface area contributed by atoms with Gasteiger partial charge in [0.2, 0.25) is 0 Å². The van der Waals surface area contributed by atoms with Crippen molar-refractivity contribution in [3.05, 3.63) is 0 Å². The number of carbonyl (C=O) groups excluding carboxylic acids is 1. The number of hydrogen-bond acceptors (Lipinski definition) is 2. The molecule has 1 unspecified atom stereocenters. The van der Waals surface area contributed by atoms with E-state index < -0.39 is 11.4 Å². The number of unbranched alkanes of at least 4 members (excludes halogenated alkanes) is 1. The highest BCUT2D eigenvalue weighted by molar-refractivity contribution is 5.86. The molecule has 182 valence electrons. The molecule has 0 aromatic heterocycles. The van der Waals surface area contributed by atoms with Gasteiger partial charge in [0.05, 0.1) is 5.41 Å². The largest absolute Gasteiger partial charge is 0.481 e. The van der Waals surface area contributed by atoms with Crippen molar-refractivity contribution >= 4 is 11.8 Å². The number of carboxylic acids is 1. The van der Waals surface area contributed by atoms with Crippen LogP contribution in [0.4, 0.5) is 0 Å². The van der Waals surface area contributed by atoms with E-state index in [4.69, 9.17) is 0 Å². The Morgan fingerprint density at radius 3 is 1.88 bits per heavy atom. The molecule has 5 fully saturated rings. The molecule has 0 radical (unpaired) electrons. The van der Waals surface area contributed by atoms with Crippen LogP contribution in [0.5, 0.6) is 0 Å². The van der Waals surface area contributed by atoms with E-state index in [9.17, 15) is 14.7 Å². The summed E-state index contributed by atoms with van der Waals surface area (Å²) >= 11 is 0. The van der Waals surface area contributed by atoms with Crippen LogP contribution in [-0.4, -0.2) is 16.9 Å². The lowest BCUT2D eigenvalue weighted by Gasteiger charge is -2.58. The molecular formula is C29H48O3. The van der Waals surface area contributed by atoms with Crippen LogP contribution in [0.3, 0.4) is 0 Å². The van der Waals surface area contributed by atoms with Gasteiger partial charge in [-0.2, -0.15) is 0 Å². The van der Waals surface area contributed by atoms with E-state index in [2.05, 4.69) is 13.8 Å². The Hall–Kier alpha value is -0.860. The number of fused-ring (bicyclic) bond motifs is 3. The molecule has 0 aliphatic heterocycles. The molecule has 3 nitrogen and oxygen atoms in total. The first-order valence-corrected chi connectivity index (χ1v) is 14.2. The van der Waals surface area contributed by atoms with E-state index in [0.717, 1.165) is 62.7 Å². The molecule has 1 atom stereocenters. The number of Topliss-reactive ketones (excluding diaryl/α,β-unsaturated/α-hetero) is 1. The van der Waals surface area contributed by atoms with E-state index in [-0.39, 0.29) is 11.3 Å². The Morgan fingerprint density at radius 1 is 0.781 bits per heavy atom. The average Bonchev–Trinajstić information content (AvgIpc) is 2.84. The molecule has 1 N–H and O–H groups in total. The Labute approximate surface area is 196 Å². The summed E-state index contributed by atoms with van der Waals surface area (Å²) in [5, 5.41) is 10.3. The van der Waals surface area contributed by atoms with Gasteiger partial charge >= 0.3 is 5.97 Å². The lowest BCUT2D eigenvalue weighted by molar-refractivity contribution is -0.177. The van der Waals surface area contributed by atoms with Crippen molar-refractivity contribution in [2.45, 2.75) is 129 Å². The predicted molar refractivity (Wildman–Crippen MR) is 129 cm³/mol. The Balaban J connectivity index is 1.39. The summed E-state index contributed by atoms with van der Waals surface area (Å²) in [6.07, 6.45) is 20.3. The zero-order valence-electron chi connectivity index (χ0n) is 20.9. The second-order valence-electron chi connectivity index (χ2n) is 12.3. The molecule has 5 aliphatic rings. The van der Waals surface area contributed by atoms with Crippen LogP contribution in [0.2, 0.25) is 0 Å². The Kier molecular flexibility index (Phi) is 7.72. The van der Waals surface area contributed by atoms with Crippen molar-refractivity contribution in [3.8, 4) is 0 Å². The third kappa shape index (κ3) is 4.56. The SMILES string of the molecule is CCCCC(=O)C12CCC(C(=O)O)(CC1)C([C@H]1CC[C@H]([C@H]3CC[C@H](CCC)CC3)CC1)C2. The topological polar surface area (TPSA) is 54.4 Å². The van der Waals surface area contributed by atoms with Gasteiger partial charge in [-0.05, 0) is 107 Å². The molecule has 0 amide bonds. The maximum Gasteiger partial charge on any atom is 0.309 e. The summed E-state index contributed by atoms with van der Waals surface area (Å²) in [6.45, 7) is 4.47. The first-order chi connectivity index (χ1) is 15.4. The monoisotopic (exact) mass is 444 g/mol. The number of carboxylic acid groups (broad SMARTS) is 1. The third-order valence-electron chi connectivity index (χ3n) is 10.8. The lowest BCUT2D eigenvalue weighted by Crippen LogP contribution is -2.56. The lowest BCUT2D eigenvalue weighted by atomic mass is 9.44. The molecule has 0 saturated heterocycles. The van der Waals surface area contributed by atoms with Gasteiger partial charge in [-0.25, -0.2) is 0 Å². The zero-order valence-corrected chi connectivity index (χ0v) is 20.9. The van der Waals surface area contributed by atoms with Crippen molar-refractivity contribution in [1.82, 2.24) is 0 Å². The first kappa shape index (κ1) is 24.3. The predicted octanol–water partition coefficient (Wildman–Crippen LogP) is 7.81. The Bertz CT molecular complexity index is 643. The van der Waals surface area contributed by atoms with E-state index in [1.165, 1.54) is 64.2 Å². The second kappa shape index (κ2) is 10.2. The summed E-state index contributed by atoms with van der Waals surface area (Å²) in [6, 6.07) is 0. The van der Waals surface area contributed by atoms with Gasteiger partial charge in [0, 0.05) is 11.8 Å². The van der Waals surface area contributed by atoms with Crippen molar-refractivity contribution in [2.75, 3.05) is 0 Å². The molecule has 0 aromatic rings. The minimum Gasteiger partial charge on any atom is -0.481 e. The minimum absolute atomic E-state index is 0.189. The molecule has 32 heavy (non-hydrogen) atoms. The highest BCUT2D eigenvalue weighted by Gasteiger charge is 2.61. The molecule has 5 rings (SSSR count). The molecule has 5 aliphatic carbocycles. The molecule has 3 heteroatoms. The maximum atomic E-state index is 13.2. The molecule has 0 heterocycles. The van der Waals surface area contributed by atoms with Crippen LogP contribution in [0, 0.1) is 40.4 Å². The minimum atomic E-state index is -0.562. The maximum absolute atomic E-state index is 13.2. The van der Waals surface area contributed by atoms with E-state index >= 15 is 0 Å². The average molecular weight is 445 g/mol. The molecular weight excluding hydrogens is 396 g/mol. The van der Waals surface area contributed by atoms with Crippen molar-refractivity contribution in [1.29, 1.82) is 0 Å². The van der Waals surface area contributed by atoms with Crippen LogP contribution in [0.25, 0.3) is 0 Å². The van der Waals surface area contributed by atoms with Gasteiger partial charge in [-0.15, -0.1) is 0 Å². The normalized spacial score (nSPS) is 42.0. The van der Waals surface area contributed by atoms with Crippen LogP contribution in [0.1, 0.15) is 129 Å². The van der Waals surface area contributed by atoms with E-state index in [1.54, 1.807) is 0 Å². The fourth-order valence-electron chi connectivity index (χ4n) is 8.73. The van der Waals surface area contributed by atoms with Gasteiger partial charge in [0.15, 0.2) is 0 Å². The Morgan fingerprint density at radius 2 is 1.34 bits per heavy atom. The summed E-state index contributed by atoms with van der Waals surface area (Å²) in [4.78, 5) is 25.8. The van der Waals surface area contributed by atoms with E-state index in [0.29, 0.717) is 18.1 Å². The van der Waals surface area contributed by atoms with Crippen LogP contribution < -0.4 is 0 Å². The van der Waals surface area contributed by atoms with Gasteiger partial charge in [-0.1, -0.05) is 46.0 Å². The van der Waals surface area contributed by atoms with E-state index in [1.807, 2.05) is 0 Å². The van der Waals surface area contributed by atoms with Crippen molar-refractivity contribution in [2.24, 2.45) is 40.4 Å². The zero-order chi connectivity index (χ0) is 22.8. The number of hydrogen-bond donors (Lipinski definition) is 1. The summed E-state index contributed by atoms with van der Waals surface area (Å²) in [7, 11) is 0. The van der Waals surface area contributed by atoms with Crippen molar-refractivity contribution < 1.29 is 14.7 Å². The number of carbonyl (C=O) groups is 2. The van der Waals surface area contributed by atoms with Crippen molar-refractivity contribution in [3.63, 3.8) is 0 Å². The summed E-state index contributed by atoms with van der Waals surface area (Å²) in [5.41, 5.74) is -0.728. The number of aliphatic carboxylic acids is 1. The van der Waals surface area contributed by atoms with Crippen LogP contribution >= 0.6 is 0 Å². The molecule has 0 aromatic carbocycles. The third-order valence-corrected chi connectivity index (χ3v) is 10.8. The summed E-state index contributed by atoms with van der Waals surface area (Å²) < 4.78 is 0. The van der Waals surface area contributed by atoms with Crippen LogP contribution in [0.15, 0.2) is 0 Å². The quantitative estimate of drug-likeness (QED) is 0.394. The fourth-order valence-corrected chi connectivity index (χ4v) is 8.73. The number of ketones is 1. The highest BCUT2D eigenvalue weighted by Crippen LogP contribution is 2.64. The molecule has 0 spiro atoms. The standard InChI is InChI=1S/C29H48O3/c1-3-5-7-26(30)28-16-18-29(19-17-28,27(31)32)25(20-28)24-14-12-23(13-15-24)22-10-8-21(6-4-2)9-11-22/h21-25H,3-20H2,1-2H3,(H,31,32)/t21-,22-,23-,24-,25?,28?,29?. The van der Waals surface area contributed by atoms with Gasteiger partial charge in [0.1, 0.15) is 5.78 Å². The fraction of sp³-hybridized carbons (Fsp3) is 0.931. The first-order valence-electron chi connectivity index (χ1n) is 14.2. The van der Waals surface area contributed by atoms with Gasteiger partial charge in [0.25, 0.3) is 0 Å². The molecule has 2 bridgehead atoms. The van der Waals surface area contributed by atoms with Gasteiger partial charge < -0.3 is 5.11 Å². The second-order valence-corrected chi connectivity index (χ2v) is 12.3. The number of rotatable bonds is 9. The van der Waals surface area contributed by atoms with Gasteiger partial charge in [-0.3, -0.25) is 9.59 Å². The smallest absolute Gasteiger partial charge is 0.309 e.